The molecule has 10 nitrogen and oxygen atoms in total. The lowest BCUT2D eigenvalue weighted by atomic mass is 9.94. The minimum absolute atomic E-state index is 0.184. The van der Waals surface area contributed by atoms with Crippen LogP contribution in [0.1, 0.15) is 52.8 Å². The highest BCUT2D eigenvalue weighted by atomic mass is 32.1. The summed E-state index contributed by atoms with van der Waals surface area (Å²) in [4.78, 5) is 38.0. The Bertz CT molecular complexity index is 2190. The Kier molecular flexibility index (Phi) is 11.3. The van der Waals surface area contributed by atoms with Crippen molar-refractivity contribution in [3.05, 3.63) is 95.9 Å². The fraction of sp³-hybridized carbons (Fsp3) is 0.333. The number of thiophene rings is 1. The molecule has 1 aliphatic heterocycles. The summed E-state index contributed by atoms with van der Waals surface area (Å²) in [7, 11) is 0. The second-order valence-electron chi connectivity index (χ2n) is 14.9. The van der Waals surface area contributed by atoms with Gasteiger partial charge in [0, 0.05) is 63.3 Å². The Labute approximate surface area is 318 Å². The topological polar surface area (TPSA) is 112 Å². The molecule has 1 N–H and O–H groups in total. The smallest absolute Gasteiger partial charge is 0.412 e. The van der Waals surface area contributed by atoms with Crippen molar-refractivity contribution in [1.29, 1.82) is 0 Å². The maximum Gasteiger partial charge on any atom is 0.412 e. The van der Waals surface area contributed by atoms with E-state index in [0.29, 0.717) is 65.6 Å². The van der Waals surface area contributed by atoms with Gasteiger partial charge in [0.15, 0.2) is 0 Å². The number of nitrogens with zero attached hydrogens (tertiary/aromatic N) is 3. The molecule has 5 aromatic rings. The fourth-order valence-electron chi connectivity index (χ4n) is 6.14. The summed E-state index contributed by atoms with van der Waals surface area (Å²) in [6.45, 7) is 16.3. The molecule has 12 heteroatoms. The number of nitrogens with one attached hydrogen (secondary N) is 1. The van der Waals surface area contributed by atoms with Gasteiger partial charge in [-0.2, -0.15) is 0 Å². The van der Waals surface area contributed by atoms with E-state index in [0.717, 1.165) is 26.9 Å². The first-order valence-corrected chi connectivity index (χ1v) is 18.7. The zero-order valence-electron chi connectivity index (χ0n) is 31.5. The molecule has 0 fully saturated rings. The molecular formula is C42H45FN4O6S. The molecule has 0 spiro atoms. The van der Waals surface area contributed by atoms with Crippen LogP contribution in [-0.2, 0) is 27.2 Å². The predicted octanol–water partition coefficient (Wildman–Crippen LogP) is 10.1. The van der Waals surface area contributed by atoms with Crippen molar-refractivity contribution < 1.29 is 32.9 Å². The standard InChI is InChI=1S/C42H45FN4O6S/c1-8-18-50-19-20-51-34-23-28(43)13-14-30(34)35-36(26-22-27-25-47(17-15-32(27)44-24-26)40(49)53-42(5,6)7)46-37(31-16-21-54-38(31)35)29-11-9-10-12-33(29)45-39(48)52-41(2,3)4/h8-14,16,21-24H,1,15,17-20,25H2,2-7H3,(H,45,48). The van der Waals surface area contributed by atoms with E-state index in [1.165, 1.54) is 23.5 Å². The van der Waals surface area contributed by atoms with Gasteiger partial charge in [0.1, 0.15) is 29.4 Å². The number of fused-ring (bicyclic) bond motifs is 2. The molecule has 0 aliphatic carbocycles. The lowest BCUT2D eigenvalue weighted by Gasteiger charge is -2.31. The van der Waals surface area contributed by atoms with Crippen molar-refractivity contribution in [3.8, 4) is 39.4 Å². The number of amides is 2. The normalized spacial score (nSPS) is 13.0. The number of rotatable bonds is 10. The van der Waals surface area contributed by atoms with Gasteiger partial charge >= 0.3 is 12.2 Å². The van der Waals surface area contributed by atoms with Crippen molar-refractivity contribution in [3.63, 3.8) is 0 Å². The van der Waals surface area contributed by atoms with Crippen LogP contribution in [0.5, 0.6) is 5.75 Å². The minimum Gasteiger partial charge on any atom is -0.490 e. The number of para-hydroxylation sites is 1. The molecule has 2 amide bonds. The number of hydrogen-bond acceptors (Lipinski definition) is 9. The predicted molar refractivity (Wildman–Crippen MR) is 210 cm³/mol. The van der Waals surface area contributed by atoms with Crippen LogP contribution in [0, 0.1) is 5.82 Å². The largest absolute Gasteiger partial charge is 0.490 e. The molecule has 2 aromatic carbocycles. The van der Waals surface area contributed by atoms with Crippen LogP contribution in [0.15, 0.2) is 78.8 Å². The number of pyridine rings is 2. The van der Waals surface area contributed by atoms with Gasteiger partial charge < -0.3 is 23.8 Å². The molecule has 4 heterocycles. The van der Waals surface area contributed by atoms with Crippen molar-refractivity contribution in [2.75, 3.05) is 31.7 Å². The Balaban J connectivity index is 1.53. The summed E-state index contributed by atoms with van der Waals surface area (Å²) in [5.41, 5.74) is 4.85. The third kappa shape index (κ3) is 9.06. The number of aromatic nitrogens is 2. The van der Waals surface area contributed by atoms with Crippen molar-refractivity contribution in [2.45, 2.75) is 65.7 Å². The van der Waals surface area contributed by atoms with E-state index in [2.05, 4.69) is 11.9 Å². The van der Waals surface area contributed by atoms with Crippen LogP contribution in [0.3, 0.4) is 0 Å². The molecule has 0 atom stereocenters. The van der Waals surface area contributed by atoms with Crippen LogP contribution in [0.2, 0.25) is 0 Å². The number of carbonyl (C=O) groups is 2. The van der Waals surface area contributed by atoms with Crippen molar-refractivity contribution in [1.82, 2.24) is 14.9 Å². The third-order valence-electron chi connectivity index (χ3n) is 8.32. The highest BCUT2D eigenvalue weighted by Crippen LogP contribution is 2.47. The average Bonchev–Trinajstić information content (AvgIpc) is 3.60. The number of carbonyl (C=O) groups excluding carboxylic acids is 2. The summed E-state index contributed by atoms with van der Waals surface area (Å²) >= 11 is 1.51. The second kappa shape index (κ2) is 16.0. The van der Waals surface area contributed by atoms with Crippen molar-refractivity contribution >= 4 is 39.3 Å². The van der Waals surface area contributed by atoms with E-state index < -0.39 is 23.1 Å². The van der Waals surface area contributed by atoms with E-state index >= 15 is 0 Å². The monoisotopic (exact) mass is 752 g/mol. The molecule has 0 bridgehead atoms. The van der Waals surface area contributed by atoms with Gasteiger partial charge in [-0.1, -0.05) is 24.3 Å². The molecule has 54 heavy (non-hydrogen) atoms. The van der Waals surface area contributed by atoms with Crippen LogP contribution in [-0.4, -0.2) is 64.6 Å². The van der Waals surface area contributed by atoms with Crippen LogP contribution in [0.4, 0.5) is 19.7 Å². The van der Waals surface area contributed by atoms with Gasteiger partial charge in [0.25, 0.3) is 0 Å². The lowest BCUT2D eigenvalue weighted by molar-refractivity contribution is 0.0222. The number of benzene rings is 2. The molecular weight excluding hydrogens is 708 g/mol. The first kappa shape index (κ1) is 38.4. The second-order valence-corrected chi connectivity index (χ2v) is 15.8. The summed E-state index contributed by atoms with van der Waals surface area (Å²) in [6, 6.07) is 15.9. The van der Waals surface area contributed by atoms with E-state index in [1.54, 1.807) is 50.1 Å². The summed E-state index contributed by atoms with van der Waals surface area (Å²) < 4.78 is 38.7. The summed E-state index contributed by atoms with van der Waals surface area (Å²) in [5.74, 6) is -0.120. The SMILES string of the molecule is C=CCOCCOc1cc(F)ccc1-c1c(-c2cnc3c(c2)CN(C(=O)OC(C)(C)C)CC3)nc(-c2ccccc2NC(=O)OC(C)(C)C)c2ccsc12. The van der Waals surface area contributed by atoms with Crippen LogP contribution >= 0.6 is 11.3 Å². The first-order valence-electron chi connectivity index (χ1n) is 17.8. The molecule has 282 valence electrons. The Morgan fingerprint density at radius 1 is 0.981 bits per heavy atom. The zero-order valence-corrected chi connectivity index (χ0v) is 32.3. The first-order chi connectivity index (χ1) is 25.7. The zero-order chi connectivity index (χ0) is 38.6. The maximum absolute atomic E-state index is 14.9. The average molecular weight is 753 g/mol. The molecule has 0 unspecified atom stereocenters. The highest BCUT2D eigenvalue weighted by molar-refractivity contribution is 7.18. The maximum atomic E-state index is 14.9. The number of anilines is 1. The Hall–Kier alpha value is -5.33. The van der Waals surface area contributed by atoms with Gasteiger partial charge in [0.05, 0.1) is 36.8 Å². The van der Waals surface area contributed by atoms with Crippen LogP contribution < -0.4 is 10.1 Å². The number of ether oxygens (including phenoxy) is 4. The van der Waals surface area contributed by atoms with E-state index in [4.69, 9.17) is 28.9 Å². The van der Waals surface area contributed by atoms with E-state index in [1.807, 2.05) is 56.5 Å². The number of halogens is 1. The quantitative estimate of drug-likeness (QED) is 0.111. The van der Waals surface area contributed by atoms with Gasteiger partial charge in [-0.3, -0.25) is 10.3 Å². The number of hydrogen-bond donors (Lipinski definition) is 1. The molecule has 0 saturated carbocycles. The molecule has 0 radical (unpaired) electrons. The third-order valence-corrected chi connectivity index (χ3v) is 9.26. The van der Waals surface area contributed by atoms with E-state index in [9.17, 15) is 14.0 Å². The van der Waals surface area contributed by atoms with Gasteiger partial charge in [-0.05, 0) is 82.8 Å². The van der Waals surface area contributed by atoms with Gasteiger partial charge in [0.2, 0.25) is 0 Å². The molecule has 6 rings (SSSR count). The Morgan fingerprint density at radius 3 is 2.52 bits per heavy atom. The van der Waals surface area contributed by atoms with Crippen LogP contribution in [0.25, 0.3) is 43.7 Å². The van der Waals surface area contributed by atoms with E-state index in [-0.39, 0.29) is 19.3 Å². The van der Waals surface area contributed by atoms with Gasteiger partial charge in [-0.15, -0.1) is 17.9 Å². The minimum atomic E-state index is -0.696. The Morgan fingerprint density at radius 2 is 1.76 bits per heavy atom. The highest BCUT2D eigenvalue weighted by Gasteiger charge is 2.29. The summed E-state index contributed by atoms with van der Waals surface area (Å²) in [6.07, 6.45) is 3.03. The lowest BCUT2D eigenvalue weighted by Crippen LogP contribution is -2.40. The molecule has 1 aliphatic rings. The molecule has 3 aromatic heterocycles. The summed E-state index contributed by atoms with van der Waals surface area (Å²) in [5, 5.41) is 5.71. The molecule has 0 saturated heterocycles. The fourth-order valence-corrected chi connectivity index (χ4v) is 7.09. The van der Waals surface area contributed by atoms with Gasteiger partial charge in [-0.25, -0.2) is 19.0 Å². The van der Waals surface area contributed by atoms with Crippen molar-refractivity contribution in [2.24, 2.45) is 0 Å².